The van der Waals surface area contributed by atoms with E-state index in [0.29, 0.717) is 5.92 Å². The van der Waals surface area contributed by atoms with E-state index in [0.717, 1.165) is 29.7 Å². The average Bonchev–Trinajstić information content (AvgIpc) is 3.16. The molecule has 1 aliphatic carbocycles. The number of nitrogens with zero attached hydrogens (tertiary/aromatic N) is 2. The van der Waals surface area contributed by atoms with Crippen LogP contribution in [0.1, 0.15) is 35.6 Å². The lowest BCUT2D eigenvalue weighted by molar-refractivity contribution is -0.141. The molecule has 1 aliphatic rings. The summed E-state index contributed by atoms with van der Waals surface area (Å²) < 4.78 is 39.6. The Bertz CT molecular complexity index is 714. The maximum Gasteiger partial charge on any atom is 0.433 e. The van der Waals surface area contributed by atoms with Gasteiger partial charge in [-0.3, -0.25) is 9.20 Å². The Morgan fingerprint density at radius 3 is 2.63 bits per heavy atom. The van der Waals surface area contributed by atoms with Crippen molar-refractivity contribution in [1.29, 1.82) is 0 Å². The quantitative estimate of drug-likeness (QED) is 0.797. The van der Waals surface area contributed by atoms with E-state index in [4.69, 9.17) is 0 Å². The fourth-order valence-corrected chi connectivity index (χ4v) is 2.19. The van der Waals surface area contributed by atoms with Crippen LogP contribution in [0, 0.1) is 6.92 Å². The van der Waals surface area contributed by atoms with Gasteiger partial charge in [0.15, 0.2) is 5.69 Å². The van der Waals surface area contributed by atoms with Crippen molar-refractivity contribution >= 4 is 5.65 Å². The Labute approximate surface area is 106 Å². The van der Waals surface area contributed by atoms with Crippen molar-refractivity contribution in [2.45, 2.75) is 31.9 Å². The summed E-state index contributed by atoms with van der Waals surface area (Å²) in [5.41, 5.74) is -1.12. The monoisotopic (exact) mass is 268 g/mol. The Morgan fingerprint density at radius 2 is 2.05 bits per heavy atom. The molecule has 0 unspecified atom stereocenters. The SMILES string of the molecule is Cc1c(C(F)(F)F)nc2cc(C3CC3)ccn2c1=O. The Kier molecular flexibility index (Phi) is 2.45. The molecule has 0 bridgehead atoms. The van der Waals surface area contributed by atoms with E-state index in [2.05, 4.69) is 4.98 Å². The second-order valence-electron chi connectivity index (χ2n) is 4.85. The lowest BCUT2D eigenvalue weighted by Crippen LogP contribution is -2.24. The first-order valence-electron chi connectivity index (χ1n) is 5.98. The van der Waals surface area contributed by atoms with Gasteiger partial charge in [-0.15, -0.1) is 0 Å². The number of rotatable bonds is 1. The fourth-order valence-electron chi connectivity index (χ4n) is 2.19. The molecule has 2 aromatic heterocycles. The molecule has 3 nitrogen and oxygen atoms in total. The predicted octanol–water partition coefficient (Wildman–Crippen LogP) is 2.90. The highest BCUT2D eigenvalue weighted by Crippen LogP contribution is 2.40. The highest BCUT2D eigenvalue weighted by atomic mass is 19.4. The maximum absolute atomic E-state index is 12.8. The largest absolute Gasteiger partial charge is 0.433 e. The second-order valence-corrected chi connectivity index (χ2v) is 4.85. The topological polar surface area (TPSA) is 34.4 Å². The van der Waals surface area contributed by atoms with Gasteiger partial charge in [-0.05, 0) is 43.4 Å². The number of fused-ring (bicyclic) bond motifs is 1. The van der Waals surface area contributed by atoms with Gasteiger partial charge in [0.25, 0.3) is 5.56 Å². The molecule has 2 heterocycles. The zero-order chi connectivity index (χ0) is 13.8. The number of hydrogen-bond donors (Lipinski definition) is 0. The standard InChI is InChI=1S/C13H11F3N2O/c1-7-11(13(14,15)16)17-10-6-9(8-2-3-8)4-5-18(10)12(7)19/h4-6,8H,2-3H2,1H3. The molecule has 19 heavy (non-hydrogen) atoms. The van der Waals surface area contributed by atoms with Gasteiger partial charge >= 0.3 is 6.18 Å². The van der Waals surface area contributed by atoms with Gasteiger partial charge in [0.1, 0.15) is 5.65 Å². The third-order valence-electron chi connectivity index (χ3n) is 3.40. The molecule has 1 saturated carbocycles. The molecule has 0 saturated heterocycles. The first-order chi connectivity index (χ1) is 8.88. The summed E-state index contributed by atoms with van der Waals surface area (Å²) in [6, 6.07) is 3.36. The minimum Gasteiger partial charge on any atom is -0.269 e. The highest BCUT2D eigenvalue weighted by Gasteiger charge is 2.36. The van der Waals surface area contributed by atoms with Gasteiger partial charge < -0.3 is 0 Å². The van der Waals surface area contributed by atoms with E-state index in [1.54, 1.807) is 12.1 Å². The van der Waals surface area contributed by atoms with Gasteiger partial charge in [0.2, 0.25) is 0 Å². The third-order valence-corrected chi connectivity index (χ3v) is 3.40. The molecule has 1 fully saturated rings. The van der Waals surface area contributed by atoms with Crippen molar-refractivity contribution in [2.24, 2.45) is 0 Å². The number of halogens is 3. The number of alkyl halides is 3. The smallest absolute Gasteiger partial charge is 0.269 e. The molecule has 0 atom stereocenters. The number of hydrogen-bond acceptors (Lipinski definition) is 2. The number of pyridine rings is 1. The molecule has 3 rings (SSSR count). The maximum atomic E-state index is 12.8. The van der Waals surface area contributed by atoms with Crippen LogP contribution in [0.3, 0.4) is 0 Å². The van der Waals surface area contributed by atoms with Crippen LogP contribution >= 0.6 is 0 Å². The summed E-state index contributed by atoms with van der Waals surface area (Å²) in [5, 5.41) is 0. The van der Waals surface area contributed by atoms with Gasteiger partial charge in [-0.2, -0.15) is 13.2 Å². The minimum absolute atomic E-state index is 0.0623. The van der Waals surface area contributed by atoms with Crippen LogP contribution in [0.25, 0.3) is 5.65 Å². The second kappa shape index (κ2) is 3.82. The average molecular weight is 268 g/mol. The summed E-state index contributed by atoms with van der Waals surface area (Å²) in [6.07, 6.45) is -1.02. The first kappa shape index (κ1) is 12.2. The molecule has 0 aromatic carbocycles. The summed E-state index contributed by atoms with van der Waals surface area (Å²) in [6.45, 7) is 1.15. The Balaban J connectivity index is 2.29. The Hall–Kier alpha value is -1.85. The van der Waals surface area contributed by atoms with Crippen molar-refractivity contribution in [3.8, 4) is 0 Å². The summed E-state index contributed by atoms with van der Waals surface area (Å²) >= 11 is 0. The third kappa shape index (κ3) is 2.01. The molecular formula is C13H11F3N2O. The molecule has 0 amide bonds. The van der Waals surface area contributed by atoms with E-state index in [-0.39, 0.29) is 11.2 Å². The molecule has 0 radical (unpaired) electrons. The Morgan fingerprint density at radius 1 is 1.37 bits per heavy atom. The number of aromatic nitrogens is 2. The van der Waals surface area contributed by atoms with Crippen molar-refractivity contribution in [3.05, 3.63) is 45.5 Å². The summed E-state index contributed by atoms with van der Waals surface area (Å²) in [5.74, 6) is 0.401. The lowest BCUT2D eigenvalue weighted by atomic mass is 10.1. The molecular weight excluding hydrogens is 257 g/mol. The van der Waals surface area contributed by atoms with Crippen LogP contribution in [0.2, 0.25) is 0 Å². The highest BCUT2D eigenvalue weighted by molar-refractivity contribution is 5.45. The zero-order valence-corrected chi connectivity index (χ0v) is 10.2. The van der Waals surface area contributed by atoms with Gasteiger partial charge in [0, 0.05) is 11.8 Å². The molecule has 0 aliphatic heterocycles. The van der Waals surface area contributed by atoms with E-state index in [1.165, 1.54) is 6.20 Å². The van der Waals surface area contributed by atoms with Gasteiger partial charge in [-0.25, -0.2) is 4.98 Å². The normalized spacial score (nSPS) is 16.0. The summed E-state index contributed by atoms with van der Waals surface area (Å²) in [7, 11) is 0. The minimum atomic E-state index is -4.60. The van der Waals surface area contributed by atoms with Crippen LogP contribution in [-0.4, -0.2) is 9.38 Å². The predicted molar refractivity (Wildman–Crippen MR) is 63.2 cm³/mol. The van der Waals surface area contributed by atoms with Crippen LogP contribution in [0.5, 0.6) is 0 Å². The summed E-state index contributed by atoms with van der Waals surface area (Å²) in [4.78, 5) is 15.5. The van der Waals surface area contributed by atoms with E-state index >= 15 is 0 Å². The molecule has 0 spiro atoms. The van der Waals surface area contributed by atoms with E-state index in [9.17, 15) is 18.0 Å². The van der Waals surface area contributed by atoms with E-state index in [1.807, 2.05) is 0 Å². The van der Waals surface area contributed by atoms with Crippen LogP contribution < -0.4 is 5.56 Å². The van der Waals surface area contributed by atoms with Crippen molar-refractivity contribution in [2.75, 3.05) is 0 Å². The van der Waals surface area contributed by atoms with Crippen molar-refractivity contribution in [3.63, 3.8) is 0 Å². The van der Waals surface area contributed by atoms with Gasteiger partial charge in [0.05, 0.1) is 0 Å². The molecule has 100 valence electrons. The first-order valence-corrected chi connectivity index (χ1v) is 5.98. The van der Waals surface area contributed by atoms with Crippen LogP contribution in [-0.2, 0) is 6.18 Å². The van der Waals surface area contributed by atoms with E-state index < -0.39 is 17.4 Å². The molecule has 6 heteroatoms. The van der Waals surface area contributed by atoms with Crippen LogP contribution in [0.15, 0.2) is 23.1 Å². The molecule has 2 aromatic rings. The lowest BCUT2D eigenvalue weighted by Gasteiger charge is -2.11. The fraction of sp³-hybridized carbons (Fsp3) is 0.385. The van der Waals surface area contributed by atoms with Gasteiger partial charge in [-0.1, -0.05) is 0 Å². The van der Waals surface area contributed by atoms with Crippen LogP contribution in [0.4, 0.5) is 13.2 Å². The zero-order valence-electron chi connectivity index (χ0n) is 10.2. The molecule has 0 N–H and O–H groups in total. The van der Waals surface area contributed by atoms with Crippen molar-refractivity contribution < 1.29 is 13.2 Å². The van der Waals surface area contributed by atoms with Crippen molar-refractivity contribution in [1.82, 2.24) is 9.38 Å².